The second-order valence-corrected chi connectivity index (χ2v) is 8.77. The van der Waals surface area contributed by atoms with Gasteiger partial charge in [0.25, 0.3) is 0 Å². The largest absolute Gasteiger partial charge is 0.345 e. The highest BCUT2D eigenvalue weighted by Crippen LogP contribution is 2.28. The lowest BCUT2D eigenvalue weighted by Crippen LogP contribution is -2.53. The van der Waals surface area contributed by atoms with Gasteiger partial charge in [0.1, 0.15) is 0 Å². The van der Waals surface area contributed by atoms with Gasteiger partial charge in [-0.1, -0.05) is 17.7 Å². The van der Waals surface area contributed by atoms with Crippen LogP contribution in [0.2, 0.25) is 5.02 Å². The summed E-state index contributed by atoms with van der Waals surface area (Å²) in [5.74, 6) is 0.122. The van der Waals surface area contributed by atoms with Gasteiger partial charge in [-0.3, -0.25) is 19.5 Å². The molecule has 2 aliphatic rings. The number of hydrogen-bond donors (Lipinski definition) is 1. The van der Waals surface area contributed by atoms with Crippen LogP contribution in [0.5, 0.6) is 0 Å². The summed E-state index contributed by atoms with van der Waals surface area (Å²) in [6.45, 7) is 3.76. The number of rotatable bonds is 5. The number of pyridine rings is 1. The van der Waals surface area contributed by atoms with Gasteiger partial charge >= 0.3 is 11.8 Å². The van der Waals surface area contributed by atoms with Crippen LogP contribution in [-0.2, 0) is 9.59 Å². The van der Waals surface area contributed by atoms with Crippen molar-refractivity contribution in [2.45, 2.75) is 23.8 Å². The highest BCUT2D eigenvalue weighted by Gasteiger charge is 2.30. The number of benzene rings is 1. The van der Waals surface area contributed by atoms with E-state index in [2.05, 4.69) is 15.2 Å². The number of nitrogens with zero attached hydrogens (tertiary/aromatic N) is 3. The molecule has 2 heterocycles. The lowest BCUT2D eigenvalue weighted by molar-refractivity contribution is -0.147. The molecule has 8 heteroatoms. The Morgan fingerprint density at radius 3 is 2.71 bits per heavy atom. The van der Waals surface area contributed by atoms with Crippen LogP contribution in [0.1, 0.15) is 12.8 Å². The average Bonchev–Trinajstić information content (AvgIpc) is 3.52. The maximum atomic E-state index is 12.2. The van der Waals surface area contributed by atoms with Gasteiger partial charge in [-0.05, 0) is 31.0 Å². The topological polar surface area (TPSA) is 65.5 Å². The van der Waals surface area contributed by atoms with E-state index in [4.69, 9.17) is 11.6 Å². The van der Waals surface area contributed by atoms with E-state index in [1.807, 2.05) is 30.5 Å². The number of carbonyl (C=O) groups excluding carboxylic acids is 2. The third-order valence-corrected chi connectivity index (χ3v) is 6.38. The Morgan fingerprint density at radius 2 is 1.96 bits per heavy atom. The summed E-state index contributed by atoms with van der Waals surface area (Å²) < 4.78 is 0. The molecule has 0 atom stereocenters. The smallest absolute Gasteiger partial charge is 0.311 e. The van der Waals surface area contributed by atoms with Gasteiger partial charge in [0.2, 0.25) is 0 Å². The van der Waals surface area contributed by atoms with Crippen molar-refractivity contribution >= 4 is 46.1 Å². The number of halogens is 1. The van der Waals surface area contributed by atoms with Crippen LogP contribution in [-0.4, -0.2) is 71.1 Å². The number of hydrogen-bond acceptors (Lipinski definition) is 5. The summed E-state index contributed by atoms with van der Waals surface area (Å²) in [5, 5.41) is 4.59. The fraction of sp³-hybridized carbons (Fsp3) is 0.450. The maximum absolute atomic E-state index is 12.2. The SMILES string of the molecule is O=C(NC1CC1)C(=O)N1CCN(CCSc2ccnc3cc(Cl)ccc23)CC1. The van der Waals surface area contributed by atoms with Crippen LogP contribution in [0.4, 0.5) is 0 Å². The molecule has 4 rings (SSSR count). The molecule has 1 aromatic heterocycles. The summed E-state index contributed by atoms with van der Waals surface area (Å²) >= 11 is 7.86. The highest BCUT2D eigenvalue weighted by atomic mass is 35.5. The molecule has 2 amide bonds. The molecular formula is C20H23ClN4O2S. The average molecular weight is 419 g/mol. The molecule has 0 radical (unpaired) electrons. The Bertz CT molecular complexity index is 882. The zero-order valence-electron chi connectivity index (χ0n) is 15.6. The molecule has 148 valence electrons. The van der Waals surface area contributed by atoms with Crippen LogP contribution in [0, 0.1) is 0 Å². The zero-order valence-corrected chi connectivity index (χ0v) is 17.1. The first-order valence-corrected chi connectivity index (χ1v) is 11.0. The van der Waals surface area contributed by atoms with Crippen molar-refractivity contribution in [1.82, 2.24) is 20.1 Å². The molecule has 2 fully saturated rings. The molecule has 1 aliphatic carbocycles. The molecule has 6 nitrogen and oxygen atoms in total. The fourth-order valence-corrected chi connectivity index (χ4v) is 4.52. The van der Waals surface area contributed by atoms with E-state index in [0.717, 1.165) is 49.1 Å². The zero-order chi connectivity index (χ0) is 19.5. The fourth-order valence-electron chi connectivity index (χ4n) is 3.30. The number of carbonyl (C=O) groups is 2. The minimum absolute atomic E-state index is 0.218. The lowest BCUT2D eigenvalue weighted by atomic mass is 10.2. The van der Waals surface area contributed by atoms with Crippen LogP contribution in [0.15, 0.2) is 35.4 Å². The number of amides is 2. The molecule has 0 unspecified atom stereocenters. The van der Waals surface area contributed by atoms with Crippen LogP contribution >= 0.6 is 23.4 Å². The molecule has 0 spiro atoms. The molecule has 1 aromatic carbocycles. The van der Waals surface area contributed by atoms with E-state index in [9.17, 15) is 9.59 Å². The maximum Gasteiger partial charge on any atom is 0.311 e. The standard InChI is InChI=1S/C20H23ClN4O2S/c21-14-1-4-16-17(13-14)22-6-5-18(16)28-12-11-24-7-9-25(10-8-24)20(27)19(26)23-15-2-3-15/h1,4-6,13,15H,2-3,7-12H2,(H,23,26). The number of fused-ring (bicyclic) bond motifs is 1. The summed E-state index contributed by atoms with van der Waals surface area (Å²) in [6.07, 6.45) is 3.80. The van der Waals surface area contributed by atoms with E-state index in [1.165, 1.54) is 4.90 Å². The number of aromatic nitrogens is 1. The van der Waals surface area contributed by atoms with E-state index in [-0.39, 0.29) is 11.9 Å². The molecule has 1 aliphatic heterocycles. The highest BCUT2D eigenvalue weighted by molar-refractivity contribution is 7.99. The first-order valence-electron chi connectivity index (χ1n) is 9.59. The Hall–Kier alpha value is -1.83. The van der Waals surface area contributed by atoms with Crippen LogP contribution in [0.3, 0.4) is 0 Å². The summed E-state index contributed by atoms with van der Waals surface area (Å²) in [6, 6.07) is 8.05. The first-order chi connectivity index (χ1) is 13.6. The van der Waals surface area contributed by atoms with Crippen molar-refractivity contribution in [2.75, 3.05) is 38.5 Å². The van der Waals surface area contributed by atoms with Crippen LogP contribution < -0.4 is 5.32 Å². The van der Waals surface area contributed by atoms with Crippen molar-refractivity contribution in [1.29, 1.82) is 0 Å². The third-order valence-electron chi connectivity index (χ3n) is 5.10. The van der Waals surface area contributed by atoms with Gasteiger partial charge in [0.15, 0.2) is 0 Å². The van der Waals surface area contributed by atoms with Crippen molar-refractivity contribution in [3.63, 3.8) is 0 Å². The summed E-state index contributed by atoms with van der Waals surface area (Å²) in [5.41, 5.74) is 0.911. The van der Waals surface area contributed by atoms with E-state index in [1.54, 1.807) is 16.7 Å². The number of nitrogens with one attached hydrogen (secondary N) is 1. The lowest BCUT2D eigenvalue weighted by Gasteiger charge is -2.34. The van der Waals surface area contributed by atoms with Crippen molar-refractivity contribution in [3.8, 4) is 0 Å². The van der Waals surface area contributed by atoms with Gasteiger partial charge < -0.3 is 10.2 Å². The molecule has 28 heavy (non-hydrogen) atoms. The normalized spacial score (nSPS) is 17.7. The number of thioether (sulfide) groups is 1. The van der Waals surface area contributed by atoms with E-state index in [0.29, 0.717) is 18.1 Å². The molecular weight excluding hydrogens is 396 g/mol. The molecule has 0 bridgehead atoms. The van der Waals surface area contributed by atoms with Gasteiger partial charge in [0, 0.05) is 66.0 Å². The first kappa shape index (κ1) is 19.5. The van der Waals surface area contributed by atoms with Crippen molar-refractivity contribution < 1.29 is 9.59 Å². The van der Waals surface area contributed by atoms with Gasteiger partial charge in [0.05, 0.1) is 5.52 Å². The molecule has 1 N–H and O–H groups in total. The quantitative estimate of drug-likeness (QED) is 0.596. The third kappa shape index (κ3) is 4.77. The van der Waals surface area contributed by atoms with Gasteiger partial charge in [-0.25, -0.2) is 0 Å². The minimum Gasteiger partial charge on any atom is -0.345 e. The van der Waals surface area contributed by atoms with E-state index < -0.39 is 5.91 Å². The predicted molar refractivity (Wildman–Crippen MR) is 112 cm³/mol. The predicted octanol–water partition coefficient (Wildman–Crippen LogP) is 2.40. The van der Waals surface area contributed by atoms with Gasteiger partial charge in [-0.2, -0.15) is 0 Å². The number of piperazine rings is 1. The van der Waals surface area contributed by atoms with Gasteiger partial charge in [-0.15, -0.1) is 11.8 Å². The van der Waals surface area contributed by atoms with E-state index >= 15 is 0 Å². The Kier molecular flexibility index (Phi) is 6.04. The Morgan fingerprint density at radius 1 is 1.18 bits per heavy atom. The molecule has 1 saturated carbocycles. The molecule has 1 saturated heterocycles. The summed E-state index contributed by atoms with van der Waals surface area (Å²) in [4.78, 5) is 33.7. The second kappa shape index (κ2) is 8.68. The van der Waals surface area contributed by atoms with Crippen molar-refractivity contribution in [2.24, 2.45) is 0 Å². The second-order valence-electron chi connectivity index (χ2n) is 7.20. The summed E-state index contributed by atoms with van der Waals surface area (Å²) in [7, 11) is 0. The molecule has 2 aromatic rings. The Balaban J connectivity index is 1.24. The monoisotopic (exact) mass is 418 g/mol. The Labute approximate surface area is 173 Å². The minimum atomic E-state index is -0.448. The van der Waals surface area contributed by atoms with Crippen LogP contribution in [0.25, 0.3) is 10.9 Å². The van der Waals surface area contributed by atoms with Crippen molar-refractivity contribution in [3.05, 3.63) is 35.5 Å².